The average Bonchev–Trinajstić information content (AvgIpc) is 2.57. The predicted molar refractivity (Wildman–Crippen MR) is 109 cm³/mol. The fourth-order valence-corrected chi connectivity index (χ4v) is 3.13. The van der Waals surface area contributed by atoms with Gasteiger partial charge < -0.3 is 15.7 Å². The Morgan fingerprint density at radius 1 is 0.875 bits per heavy atom. The van der Waals surface area contributed by atoms with E-state index in [9.17, 15) is 5.11 Å². The highest BCUT2D eigenvalue weighted by atomic mass is 32.1. The molecule has 0 aromatic heterocycles. The number of phenols is 1. The van der Waals surface area contributed by atoms with Crippen molar-refractivity contribution in [1.82, 2.24) is 0 Å². The van der Waals surface area contributed by atoms with Gasteiger partial charge in [0.25, 0.3) is 0 Å². The number of rotatable bonds is 13. The van der Waals surface area contributed by atoms with E-state index in [4.69, 9.17) is 18.0 Å². The van der Waals surface area contributed by atoms with Crippen LogP contribution in [-0.2, 0) is 0 Å². The summed E-state index contributed by atoms with van der Waals surface area (Å²) in [7, 11) is 0. The first-order valence-corrected chi connectivity index (χ1v) is 9.92. The van der Waals surface area contributed by atoms with Crippen LogP contribution in [0.1, 0.15) is 77.6 Å². The van der Waals surface area contributed by atoms with Gasteiger partial charge in [-0.1, -0.05) is 71.1 Å². The van der Waals surface area contributed by atoms with Crippen LogP contribution in [0.3, 0.4) is 0 Å². The van der Waals surface area contributed by atoms with Crippen LogP contribution in [0, 0.1) is 0 Å². The molecule has 1 aromatic carbocycles. The fourth-order valence-electron chi connectivity index (χ4n) is 2.93. The molecule has 4 heteroatoms. The minimum Gasteiger partial charge on any atom is -0.508 e. The molecule has 1 rings (SSSR count). The van der Waals surface area contributed by atoms with Gasteiger partial charge in [0.1, 0.15) is 5.75 Å². The molecule has 0 bridgehead atoms. The Morgan fingerprint density at radius 3 is 1.79 bits per heavy atom. The predicted octanol–water partition coefficient (Wildman–Crippen LogP) is 5.75. The molecule has 0 radical (unpaired) electrons. The fraction of sp³-hybridized carbons (Fsp3) is 0.650. The zero-order chi connectivity index (χ0) is 17.6. The van der Waals surface area contributed by atoms with Crippen LogP contribution in [0.15, 0.2) is 24.3 Å². The molecule has 0 saturated heterocycles. The minimum atomic E-state index is 0.260. The number of benzene rings is 1. The van der Waals surface area contributed by atoms with Crippen molar-refractivity contribution >= 4 is 23.0 Å². The number of anilines is 1. The highest BCUT2D eigenvalue weighted by Gasteiger charge is 2.08. The normalized spacial score (nSPS) is 10.7. The monoisotopic (exact) mass is 350 g/mol. The topological polar surface area (TPSA) is 49.5 Å². The number of unbranched alkanes of at least 4 members (excludes halogenated alkanes) is 10. The lowest BCUT2D eigenvalue weighted by atomic mass is 10.1. The highest BCUT2D eigenvalue weighted by Crippen LogP contribution is 2.19. The second-order valence-corrected chi connectivity index (χ2v) is 6.96. The largest absolute Gasteiger partial charge is 0.508 e. The van der Waals surface area contributed by atoms with E-state index in [2.05, 4.69) is 6.92 Å². The summed E-state index contributed by atoms with van der Waals surface area (Å²) in [4.78, 5) is 1.95. The van der Waals surface area contributed by atoms with E-state index in [0.717, 1.165) is 18.7 Å². The third kappa shape index (κ3) is 9.11. The molecular formula is C20H34N2OS. The van der Waals surface area contributed by atoms with Crippen molar-refractivity contribution in [3.63, 3.8) is 0 Å². The Hall–Kier alpha value is -1.29. The molecule has 0 aliphatic carbocycles. The van der Waals surface area contributed by atoms with Gasteiger partial charge in [-0.2, -0.15) is 0 Å². The quantitative estimate of drug-likeness (QED) is 0.351. The lowest BCUT2D eigenvalue weighted by Gasteiger charge is -2.23. The summed E-state index contributed by atoms with van der Waals surface area (Å²) in [6.07, 6.45) is 14.6. The number of nitrogens with zero attached hydrogens (tertiary/aromatic N) is 1. The molecule has 0 spiro atoms. The van der Waals surface area contributed by atoms with E-state index in [1.165, 1.54) is 64.2 Å². The summed E-state index contributed by atoms with van der Waals surface area (Å²) < 4.78 is 0. The highest BCUT2D eigenvalue weighted by molar-refractivity contribution is 7.80. The SMILES string of the molecule is CCCCCCCCCCCCCN(C(N)=S)c1ccc(O)cc1. The molecule has 0 atom stereocenters. The number of nitrogens with two attached hydrogens (primary N) is 1. The molecule has 24 heavy (non-hydrogen) atoms. The maximum atomic E-state index is 9.37. The number of phenolic OH excluding ortho intramolecular Hbond substituents is 1. The van der Waals surface area contributed by atoms with Crippen molar-refractivity contribution in [2.24, 2.45) is 5.73 Å². The second-order valence-electron chi connectivity index (χ2n) is 6.54. The van der Waals surface area contributed by atoms with Crippen LogP contribution in [0.4, 0.5) is 5.69 Å². The Bertz CT molecular complexity index is 447. The van der Waals surface area contributed by atoms with Gasteiger partial charge in [-0.3, -0.25) is 0 Å². The first-order valence-electron chi connectivity index (χ1n) is 9.51. The van der Waals surface area contributed by atoms with Crippen molar-refractivity contribution in [3.05, 3.63) is 24.3 Å². The van der Waals surface area contributed by atoms with Crippen LogP contribution in [0.2, 0.25) is 0 Å². The van der Waals surface area contributed by atoms with Crippen LogP contribution < -0.4 is 10.6 Å². The zero-order valence-electron chi connectivity index (χ0n) is 15.2. The minimum absolute atomic E-state index is 0.260. The van der Waals surface area contributed by atoms with Gasteiger partial charge in [0.2, 0.25) is 0 Å². The summed E-state index contributed by atoms with van der Waals surface area (Å²) in [5, 5.41) is 9.77. The zero-order valence-corrected chi connectivity index (χ0v) is 16.0. The Balaban J connectivity index is 2.10. The van der Waals surface area contributed by atoms with Gasteiger partial charge in [0.05, 0.1) is 0 Å². The van der Waals surface area contributed by atoms with Crippen molar-refractivity contribution in [1.29, 1.82) is 0 Å². The molecule has 1 aromatic rings. The van der Waals surface area contributed by atoms with Crippen molar-refractivity contribution in [3.8, 4) is 5.75 Å². The molecule has 0 amide bonds. The maximum Gasteiger partial charge on any atom is 0.170 e. The van der Waals surface area contributed by atoms with Gasteiger partial charge >= 0.3 is 0 Å². The lowest BCUT2D eigenvalue weighted by molar-refractivity contribution is 0.475. The van der Waals surface area contributed by atoms with E-state index < -0.39 is 0 Å². The summed E-state index contributed by atoms with van der Waals surface area (Å²) >= 11 is 5.15. The maximum absolute atomic E-state index is 9.37. The van der Waals surface area contributed by atoms with Gasteiger partial charge in [-0.25, -0.2) is 0 Å². The molecule has 0 fully saturated rings. The molecule has 0 saturated carbocycles. The first-order chi connectivity index (χ1) is 11.6. The van der Waals surface area contributed by atoms with Crippen LogP contribution in [0.5, 0.6) is 5.75 Å². The van der Waals surface area contributed by atoms with Gasteiger partial charge in [0.15, 0.2) is 5.11 Å². The molecular weight excluding hydrogens is 316 g/mol. The number of thiocarbonyl (C=S) groups is 1. The molecule has 3 N–H and O–H groups in total. The molecule has 0 aliphatic heterocycles. The van der Waals surface area contributed by atoms with Crippen molar-refractivity contribution in [2.75, 3.05) is 11.4 Å². The molecule has 3 nitrogen and oxygen atoms in total. The number of hydrogen-bond acceptors (Lipinski definition) is 2. The van der Waals surface area contributed by atoms with E-state index in [1.807, 2.05) is 17.0 Å². The summed E-state index contributed by atoms with van der Waals surface area (Å²) in [6.45, 7) is 3.11. The van der Waals surface area contributed by atoms with E-state index in [0.29, 0.717) is 5.11 Å². The Kier molecular flexibility index (Phi) is 11.3. The third-order valence-electron chi connectivity index (χ3n) is 4.41. The van der Waals surface area contributed by atoms with Gasteiger partial charge in [-0.15, -0.1) is 0 Å². The second kappa shape index (κ2) is 13.1. The van der Waals surface area contributed by atoms with Crippen LogP contribution in [0.25, 0.3) is 0 Å². The lowest BCUT2D eigenvalue weighted by Crippen LogP contribution is -2.36. The van der Waals surface area contributed by atoms with Gasteiger partial charge in [0, 0.05) is 12.2 Å². The van der Waals surface area contributed by atoms with Gasteiger partial charge in [-0.05, 0) is 42.9 Å². The third-order valence-corrected chi connectivity index (χ3v) is 4.63. The summed E-state index contributed by atoms with van der Waals surface area (Å²) in [6, 6.07) is 7.04. The number of hydrogen-bond donors (Lipinski definition) is 2. The summed E-state index contributed by atoms with van der Waals surface area (Å²) in [5.41, 5.74) is 6.78. The van der Waals surface area contributed by atoms with E-state index >= 15 is 0 Å². The molecule has 0 aliphatic rings. The first kappa shape index (κ1) is 20.8. The van der Waals surface area contributed by atoms with Crippen LogP contribution >= 0.6 is 12.2 Å². The Labute approximate surface area is 153 Å². The van der Waals surface area contributed by atoms with Crippen molar-refractivity contribution < 1.29 is 5.11 Å². The molecule has 136 valence electrons. The standard InChI is InChI=1S/C20H34N2OS/c1-2-3-4-5-6-7-8-9-10-11-12-17-22(20(21)24)18-13-15-19(23)16-14-18/h13-16,23H,2-12,17H2,1H3,(H2,21,24). The van der Waals surface area contributed by atoms with Crippen LogP contribution in [-0.4, -0.2) is 16.8 Å². The van der Waals surface area contributed by atoms with E-state index in [-0.39, 0.29) is 5.75 Å². The average molecular weight is 351 g/mol. The smallest absolute Gasteiger partial charge is 0.170 e. The number of aromatic hydroxyl groups is 1. The summed E-state index contributed by atoms with van der Waals surface area (Å²) in [5.74, 6) is 0.260. The van der Waals surface area contributed by atoms with E-state index in [1.54, 1.807) is 12.1 Å². The molecule has 0 unspecified atom stereocenters. The Morgan fingerprint density at radius 2 is 1.33 bits per heavy atom. The van der Waals surface area contributed by atoms with Crippen molar-refractivity contribution in [2.45, 2.75) is 77.6 Å². The molecule has 0 heterocycles.